The number of aromatic nitrogens is 1. The highest BCUT2D eigenvalue weighted by atomic mass is 16.2. The molecule has 0 aromatic carbocycles. The van der Waals surface area contributed by atoms with Crippen LogP contribution in [0.3, 0.4) is 0 Å². The predicted molar refractivity (Wildman–Crippen MR) is 68.8 cm³/mol. The van der Waals surface area contributed by atoms with Gasteiger partial charge in [-0.1, -0.05) is 0 Å². The molecule has 1 amide bonds. The second-order valence-electron chi connectivity index (χ2n) is 5.20. The van der Waals surface area contributed by atoms with E-state index in [2.05, 4.69) is 15.2 Å². The molecule has 1 saturated heterocycles. The summed E-state index contributed by atoms with van der Waals surface area (Å²) < 4.78 is 0. The van der Waals surface area contributed by atoms with Crippen molar-refractivity contribution in [3.8, 4) is 0 Å². The molecule has 96 valence electrons. The van der Waals surface area contributed by atoms with Crippen LogP contribution < -0.4 is 5.32 Å². The molecule has 1 aliphatic heterocycles. The van der Waals surface area contributed by atoms with Crippen LogP contribution in [-0.4, -0.2) is 34.4 Å². The molecule has 1 unspecified atom stereocenters. The Morgan fingerprint density at radius 1 is 1.33 bits per heavy atom. The van der Waals surface area contributed by atoms with Gasteiger partial charge < -0.3 is 10.2 Å². The monoisotopic (exact) mass is 245 g/mol. The normalized spacial score (nSPS) is 23.0. The van der Waals surface area contributed by atoms with Crippen molar-refractivity contribution in [2.24, 2.45) is 0 Å². The molecule has 2 heterocycles. The van der Waals surface area contributed by atoms with Crippen LogP contribution in [0, 0.1) is 0 Å². The Kier molecular flexibility index (Phi) is 3.28. The van der Waals surface area contributed by atoms with Gasteiger partial charge in [0.1, 0.15) is 0 Å². The molecule has 4 heteroatoms. The molecule has 3 rings (SSSR count). The van der Waals surface area contributed by atoms with Gasteiger partial charge in [0, 0.05) is 25.0 Å². The third kappa shape index (κ3) is 2.53. The third-order valence-corrected chi connectivity index (χ3v) is 3.73. The van der Waals surface area contributed by atoms with Crippen LogP contribution in [0.5, 0.6) is 0 Å². The average Bonchev–Trinajstić information content (AvgIpc) is 3.10. The number of carbonyl (C=O) groups excluding carboxylic acids is 1. The van der Waals surface area contributed by atoms with Gasteiger partial charge in [-0.2, -0.15) is 0 Å². The van der Waals surface area contributed by atoms with Gasteiger partial charge in [0.25, 0.3) is 0 Å². The van der Waals surface area contributed by atoms with Crippen molar-refractivity contribution in [2.45, 2.75) is 44.3 Å². The van der Waals surface area contributed by atoms with Crippen molar-refractivity contribution in [3.63, 3.8) is 0 Å². The van der Waals surface area contributed by atoms with Gasteiger partial charge in [-0.25, -0.2) is 0 Å². The Morgan fingerprint density at radius 3 is 2.72 bits per heavy atom. The number of amides is 1. The Balaban J connectivity index is 1.70. The van der Waals surface area contributed by atoms with E-state index in [4.69, 9.17) is 0 Å². The lowest BCUT2D eigenvalue weighted by molar-refractivity contribution is -0.134. The van der Waals surface area contributed by atoms with E-state index >= 15 is 0 Å². The first-order chi connectivity index (χ1) is 8.84. The molecule has 1 saturated carbocycles. The second kappa shape index (κ2) is 5.06. The lowest BCUT2D eigenvalue weighted by atomic mass is 10.1. The first kappa shape index (κ1) is 11.7. The van der Waals surface area contributed by atoms with Gasteiger partial charge in [-0.15, -0.1) is 0 Å². The van der Waals surface area contributed by atoms with Gasteiger partial charge in [0.05, 0.1) is 6.04 Å². The lowest BCUT2D eigenvalue weighted by Crippen LogP contribution is -2.44. The molecule has 1 aromatic rings. The van der Waals surface area contributed by atoms with E-state index in [1.165, 1.54) is 5.56 Å². The summed E-state index contributed by atoms with van der Waals surface area (Å²) in [6.07, 6.45) is 7.99. The molecule has 0 bridgehead atoms. The van der Waals surface area contributed by atoms with E-state index in [1.807, 2.05) is 12.1 Å². The summed E-state index contributed by atoms with van der Waals surface area (Å²) in [5.41, 5.74) is 1.17. The molecule has 0 radical (unpaired) electrons. The van der Waals surface area contributed by atoms with Gasteiger partial charge in [0.2, 0.25) is 5.91 Å². The smallest absolute Gasteiger partial charge is 0.240 e. The van der Waals surface area contributed by atoms with Crippen molar-refractivity contribution < 1.29 is 4.79 Å². The molecular formula is C14H19N3O. The third-order valence-electron chi connectivity index (χ3n) is 3.73. The maximum Gasteiger partial charge on any atom is 0.240 e. The summed E-state index contributed by atoms with van der Waals surface area (Å²) in [5, 5.41) is 3.30. The van der Waals surface area contributed by atoms with Crippen LogP contribution in [0.1, 0.15) is 31.2 Å². The number of pyridine rings is 1. The molecular weight excluding hydrogens is 226 g/mol. The minimum Gasteiger partial charge on any atom is -0.334 e. The minimum atomic E-state index is 0.0486. The summed E-state index contributed by atoms with van der Waals surface area (Å²) in [6.45, 7) is 1.70. The van der Waals surface area contributed by atoms with E-state index in [-0.39, 0.29) is 11.9 Å². The van der Waals surface area contributed by atoms with Crippen molar-refractivity contribution in [3.05, 3.63) is 30.1 Å². The van der Waals surface area contributed by atoms with E-state index in [0.29, 0.717) is 6.04 Å². The van der Waals surface area contributed by atoms with Crippen LogP contribution in [0.4, 0.5) is 0 Å². The molecule has 2 aliphatic rings. The summed E-state index contributed by atoms with van der Waals surface area (Å²) >= 11 is 0. The fraction of sp³-hybridized carbons (Fsp3) is 0.571. The lowest BCUT2D eigenvalue weighted by Gasteiger charge is -2.25. The molecule has 2 fully saturated rings. The SMILES string of the molecule is O=C(C1CCCN1)N(Cc1ccncc1)C1CC1. The summed E-state index contributed by atoms with van der Waals surface area (Å²) in [5.74, 6) is 0.284. The Bertz CT molecular complexity index is 410. The molecule has 18 heavy (non-hydrogen) atoms. The number of nitrogens with one attached hydrogen (secondary N) is 1. The summed E-state index contributed by atoms with van der Waals surface area (Å²) in [4.78, 5) is 18.6. The number of rotatable bonds is 4. The maximum atomic E-state index is 12.5. The van der Waals surface area contributed by atoms with Gasteiger partial charge in [-0.3, -0.25) is 9.78 Å². The van der Waals surface area contributed by atoms with Gasteiger partial charge in [0.15, 0.2) is 0 Å². The highest BCUT2D eigenvalue weighted by Crippen LogP contribution is 2.29. The standard InChI is InChI=1S/C14H19N3O/c18-14(13-2-1-7-16-13)17(12-3-4-12)10-11-5-8-15-9-6-11/h5-6,8-9,12-13,16H,1-4,7,10H2. The average molecular weight is 245 g/mol. The number of nitrogens with zero attached hydrogens (tertiary/aromatic N) is 2. The molecule has 1 aliphatic carbocycles. The van der Waals surface area contributed by atoms with Crippen LogP contribution >= 0.6 is 0 Å². The van der Waals surface area contributed by atoms with Gasteiger partial charge in [-0.05, 0) is 49.9 Å². The number of hydrogen-bond acceptors (Lipinski definition) is 3. The van der Waals surface area contributed by atoms with Crippen molar-refractivity contribution in [1.29, 1.82) is 0 Å². The zero-order valence-corrected chi connectivity index (χ0v) is 10.5. The molecule has 1 N–H and O–H groups in total. The molecule has 1 aromatic heterocycles. The van der Waals surface area contributed by atoms with Crippen LogP contribution in [0.25, 0.3) is 0 Å². The van der Waals surface area contributed by atoms with Crippen molar-refractivity contribution in [2.75, 3.05) is 6.54 Å². The largest absolute Gasteiger partial charge is 0.334 e. The van der Waals surface area contributed by atoms with E-state index in [0.717, 1.165) is 38.8 Å². The minimum absolute atomic E-state index is 0.0486. The highest BCUT2D eigenvalue weighted by molar-refractivity contribution is 5.82. The molecule has 0 spiro atoms. The fourth-order valence-corrected chi connectivity index (χ4v) is 2.55. The van der Waals surface area contributed by atoms with Gasteiger partial charge >= 0.3 is 0 Å². The zero-order chi connectivity index (χ0) is 12.4. The summed E-state index contributed by atoms with van der Waals surface area (Å²) in [7, 11) is 0. The Hall–Kier alpha value is -1.42. The quantitative estimate of drug-likeness (QED) is 0.870. The molecule has 1 atom stereocenters. The van der Waals surface area contributed by atoms with E-state index in [1.54, 1.807) is 12.4 Å². The number of hydrogen-bond donors (Lipinski definition) is 1. The number of carbonyl (C=O) groups is 1. The van der Waals surface area contributed by atoms with E-state index < -0.39 is 0 Å². The zero-order valence-electron chi connectivity index (χ0n) is 10.5. The van der Waals surface area contributed by atoms with Crippen LogP contribution in [-0.2, 0) is 11.3 Å². The highest BCUT2D eigenvalue weighted by Gasteiger charge is 2.36. The Morgan fingerprint density at radius 2 is 2.11 bits per heavy atom. The predicted octanol–water partition coefficient (Wildman–Crippen LogP) is 1.32. The van der Waals surface area contributed by atoms with Crippen LogP contribution in [0.2, 0.25) is 0 Å². The summed E-state index contributed by atoms with van der Waals surface area (Å²) in [6, 6.07) is 4.50. The Labute approximate surface area is 107 Å². The first-order valence-electron chi connectivity index (χ1n) is 6.77. The second-order valence-corrected chi connectivity index (χ2v) is 5.20. The van der Waals surface area contributed by atoms with Crippen molar-refractivity contribution >= 4 is 5.91 Å². The maximum absolute atomic E-state index is 12.5. The fourth-order valence-electron chi connectivity index (χ4n) is 2.55. The first-order valence-corrected chi connectivity index (χ1v) is 6.77. The van der Waals surface area contributed by atoms with Crippen molar-refractivity contribution in [1.82, 2.24) is 15.2 Å². The van der Waals surface area contributed by atoms with Crippen LogP contribution in [0.15, 0.2) is 24.5 Å². The van der Waals surface area contributed by atoms with E-state index in [9.17, 15) is 4.79 Å². The molecule has 4 nitrogen and oxygen atoms in total. The topological polar surface area (TPSA) is 45.2 Å².